The standard InChI is InChI=1S/C32H23N3/c1-22-26(23-9-3-2-4-10-23)13-8-14-27(22)29-17-16-28(32-30(29)20-33-21-35-32)24-11-7-12-25(19-24)31-15-5-6-18-34-31/h2-21H,1H3. The predicted octanol–water partition coefficient (Wildman–Crippen LogP) is 8.00. The molecule has 0 bridgehead atoms. The molecular formula is C32H23N3. The lowest BCUT2D eigenvalue weighted by Gasteiger charge is -2.15. The van der Waals surface area contributed by atoms with E-state index in [1.165, 1.54) is 22.3 Å². The smallest absolute Gasteiger partial charge is 0.116 e. The Morgan fingerprint density at radius 3 is 2.14 bits per heavy atom. The van der Waals surface area contributed by atoms with Gasteiger partial charge < -0.3 is 0 Å². The van der Waals surface area contributed by atoms with Crippen molar-refractivity contribution in [3.8, 4) is 44.6 Å². The van der Waals surface area contributed by atoms with Crippen molar-refractivity contribution in [1.29, 1.82) is 0 Å². The van der Waals surface area contributed by atoms with E-state index in [9.17, 15) is 0 Å². The highest BCUT2D eigenvalue weighted by molar-refractivity contribution is 6.03. The molecule has 2 heterocycles. The summed E-state index contributed by atoms with van der Waals surface area (Å²) in [5, 5.41) is 1.04. The van der Waals surface area contributed by atoms with Crippen molar-refractivity contribution in [3.63, 3.8) is 0 Å². The quantitative estimate of drug-likeness (QED) is 0.274. The van der Waals surface area contributed by atoms with E-state index in [0.717, 1.165) is 38.9 Å². The Balaban J connectivity index is 1.51. The third-order valence-corrected chi connectivity index (χ3v) is 6.52. The molecule has 0 fully saturated rings. The third-order valence-electron chi connectivity index (χ3n) is 6.52. The van der Waals surface area contributed by atoms with Gasteiger partial charge in [0.15, 0.2) is 0 Å². The largest absolute Gasteiger partial charge is 0.256 e. The Bertz CT molecular complexity index is 1640. The summed E-state index contributed by atoms with van der Waals surface area (Å²) in [6.07, 6.45) is 5.38. The van der Waals surface area contributed by atoms with E-state index in [0.29, 0.717) is 0 Å². The minimum atomic E-state index is 0.945. The minimum absolute atomic E-state index is 0.945. The highest BCUT2D eigenvalue weighted by atomic mass is 14.8. The van der Waals surface area contributed by atoms with Crippen LogP contribution in [0, 0.1) is 6.92 Å². The number of rotatable bonds is 4. The molecule has 6 rings (SSSR count). The summed E-state index contributed by atoms with van der Waals surface area (Å²) < 4.78 is 0. The molecule has 6 aromatic rings. The van der Waals surface area contributed by atoms with Gasteiger partial charge in [-0.2, -0.15) is 0 Å². The van der Waals surface area contributed by atoms with E-state index in [2.05, 4.69) is 102 Å². The molecule has 0 unspecified atom stereocenters. The zero-order valence-corrected chi connectivity index (χ0v) is 19.4. The van der Waals surface area contributed by atoms with Crippen LogP contribution in [0.15, 0.2) is 122 Å². The van der Waals surface area contributed by atoms with Crippen LogP contribution >= 0.6 is 0 Å². The second kappa shape index (κ2) is 8.96. The van der Waals surface area contributed by atoms with Crippen LogP contribution in [0.25, 0.3) is 55.5 Å². The predicted molar refractivity (Wildman–Crippen MR) is 144 cm³/mol. The molecule has 4 aromatic carbocycles. The fourth-order valence-corrected chi connectivity index (χ4v) is 4.78. The van der Waals surface area contributed by atoms with Crippen molar-refractivity contribution >= 4 is 10.9 Å². The monoisotopic (exact) mass is 449 g/mol. The first-order chi connectivity index (χ1) is 17.3. The van der Waals surface area contributed by atoms with Crippen LogP contribution in [0.2, 0.25) is 0 Å². The summed E-state index contributed by atoms with van der Waals surface area (Å²) in [6.45, 7) is 2.19. The first kappa shape index (κ1) is 20.9. The lowest BCUT2D eigenvalue weighted by Crippen LogP contribution is -1.93. The second-order valence-electron chi connectivity index (χ2n) is 8.59. The van der Waals surface area contributed by atoms with Gasteiger partial charge in [-0.1, -0.05) is 84.9 Å². The van der Waals surface area contributed by atoms with Crippen molar-refractivity contribution in [2.45, 2.75) is 6.92 Å². The van der Waals surface area contributed by atoms with Crippen LogP contribution in [-0.2, 0) is 0 Å². The Morgan fingerprint density at radius 1 is 0.543 bits per heavy atom. The van der Waals surface area contributed by atoms with Gasteiger partial charge in [0.2, 0.25) is 0 Å². The van der Waals surface area contributed by atoms with Crippen LogP contribution < -0.4 is 0 Å². The third kappa shape index (κ3) is 3.87. The fourth-order valence-electron chi connectivity index (χ4n) is 4.78. The van der Waals surface area contributed by atoms with Crippen molar-refractivity contribution in [1.82, 2.24) is 15.0 Å². The number of benzene rings is 4. The molecule has 3 heteroatoms. The van der Waals surface area contributed by atoms with Crippen LogP contribution in [0.3, 0.4) is 0 Å². The molecule has 166 valence electrons. The van der Waals surface area contributed by atoms with E-state index < -0.39 is 0 Å². The van der Waals surface area contributed by atoms with Gasteiger partial charge in [-0.25, -0.2) is 9.97 Å². The lowest BCUT2D eigenvalue weighted by atomic mass is 9.89. The molecule has 0 spiro atoms. The molecule has 0 aliphatic heterocycles. The van der Waals surface area contributed by atoms with Crippen molar-refractivity contribution in [3.05, 3.63) is 127 Å². The van der Waals surface area contributed by atoms with Gasteiger partial charge in [-0.3, -0.25) is 4.98 Å². The van der Waals surface area contributed by atoms with Crippen LogP contribution in [-0.4, -0.2) is 15.0 Å². The second-order valence-corrected chi connectivity index (χ2v) is 8.59. The number of aromatic nitrogens is 3. The zero-order chi connectivity index (χ0) is 23.6. The maximum Gasteiger partial charge on any atom is 0.116 e. The fraction of sp³-hybridized carbons (Fsp3) is 0.0312. The summed E-state index contributed by atoms with van der Waals surface area (Å²) in [5.41, 5.74) is 11.2. The van der Waals surface area contributed by atoms with Crippen molar-refractivity contribution < 1.29 is 0 Å². The highest BCUT2D eigenvalue weighted by Gasteiger charge is 2.15. The number of hydrogen-bond donors (Lipinski definition) is 0. The summed E-state index contributed by atoms with van der Waals surface area (Å²) >= 11 is 0. The summed E-state index contributed by atoms with van der Waals surface area (Å²) in [4.78, 5) is 13.6. The van der Waals surface area contributed by atoms with Crippen LogP contribution in [0.5, 0.6) is 0 Å². The normalized spacial score (nSPS) is 11.0. The van der Waals surface area contributed by atoms with E-state index in [-0.39, 0.29) is 0 Å². The molecular weight excluding hydrogens is 426 g/mol. The van der Waals surface area contributed by atoms with Gasteiger partial charge in [-0.15, -0.1) is 0 Å². The Morgan fingerprint density at radius 2 is 1.29 bits per heavy atom. The van der Waals surface area contributed by atoms with Gasteiger partial charge >= 0.3 is 0 Å². The molecule has 3 nitrogen and oxygen atoms in total. The van der Waals surface area contributed by atoms with E-state index in [1.807, 2.05) is 30.6 Å². The van der Waals surface area contributed by atoms with Gasteiger partial charge in [0.05, 0.1) is 11.2 Å². The number of pyridine rings is 1. The van der Waals surface area contributed by atoms with Gasteiger partial charge in [0, 0.05) is 28.9 Å². The van der Waals surface area contributed by atoms with Gasteiger partial charge in [0.25, 0.3) is 0 Å². The van der Waals surface area contributed by atoms with Crippen molar-refractivity contribution in [2.24, 2.45) is 0 Å². The molecule has 35 heavy (non-hydrogen) atoms. The molecule has 0 radical (unpaired) electrons. The van der Waals surface area contributed by atoms with E-state index in [4.69, 9.17) is 4.98 Å². The first-order valence-electron chi connectivity index (χ1n) is 11.7. The average Bonchev–Trinajstić information content (AvgIpc) is 2.94. The molecule has 0 saturated heterocycles. The molecule has 2 aromatic heterocycles. The summed E-state index contributed by atoms with van der Waals surface area (Å²) in [7, 11) is 0. The SMILES string of the molecule is Cc1c(-c2ccccc2)cccc1-c1ccc(-c2cccc(-c3ccccn3)c2)c2ncncc12. The number of nitrogens with zero attached hydrogens (tertiary/aromatic N) is 3. The van der Waals surface area contributed by atoms with Gasteiger partial charge in [-0.05, 0) is 58.5 Å². The molecule has 0 aliphatic carbocycles. The Kier molecular flexibility index (Phi) is 5.36. The number of fused-ring (bicyclic) bond motifs is 1. The van der Waals surface area contributed by atoms with Crippen LogP contribution in [0.1, 0.15) is 5.56 Å². The molecule has 0 aliphatic rings. The summed E-state index contributed by atoms with van der Waals surface area (Å²) in [5.74, 6) is 0. The summed E-state index contributed by atoms with van der Waals surface area (Å²) in [6, 6.07) is 35.9. The van der Waals surface area contributed by atoms with Crippen molar-refractivity contribution in [2.75, 3.05) is 0 Å². The molecule has 0 atom stereocenters. The maximum atomic E-state index is 4.73. The topological polar surface area (TPSA) is 38.7 Å². The lowest BCUT2D eigenvalue weighted by molar-refractivity contribution is 1.22. The first-order valence-corrected chi connectivity index (χ1v) is 11.7. The van der Waals surface area contributed by atoms with E-state index >= 15 is 0 Å². The van der Waals surface area contributed by atoms with E-state index in [1.54, 1.807) is 6.33 Å². The number of hydrogen-bond acceptors (Lipinski definition) is 3. The van der Waals surface area contributed by atoms with Gasteiger partial charge in [0.1, 0.15) is 6.33 Å². The average molecular weight is 450 g/mol. The van der Waals surface area contributed by atoms with Crippen LogP contribution in [0.4, 0.5) is 0 Å². The molecule has 0 amide bonds. The Labute approximate surface area is 204 Å². The molecule has 0 N–H and O–H groups in total. The highest BCUT2D eigenvalue weighted by Crippen LogP contribution is 2.38. The zero-order valence-electron chi connectivity index (χ0n) is 19.4. The Hall–Kier alpha value is -4.63. The maximum absolute atomic E-state index is 4.73. The molecule has 0 saturated carbocycles. The minimum Gasteiger partial charge on any atom is -0.256 e.